The molecule has 2 aromatic carbocycles. The highest BCUT2D eigenvalue weighted by Gasteiger charge is 2.20. The first kappa shape index (κ1) is 21.9. The number of nitrogens with zero attached hydrogens (tertiary/aromatic N) is 2. The Balaban J connectivity index is 1.66. The maximum atomic E-state index is 13.3. The first-order valence-corrected chi connectivity index (χ1v) is 9.85. The average molecular weight is 452 g/mol. The minimum absolute atomic E-state index is 0.0679. The van der Waals surface area contributed by atoms with Gasteiger partial charge in [0, 0.05) is 11.1 Å². The topological polar surface area (TPSA) is 65.4 Å². The molecule has 0 aliphatic heterocycles. The van der Waals surface area contributed by atoms with Gasteiger partial charge in [-0.2, -0.15) is 5.10 Å². The van der Waals surface area contributed by atoms with Crippen molar-refractivity contribution in [1.29, 1.82) is 0 Å². The van der Waals surface area contributed by atoms with E-state index in [-0.39, 0.29) is 18.5 Å². The van der Waals surface area contributed by atoms with Crippen LogP contribution in [0.15, 0.2) is 42.5 Å². The second-order valence-corrected chi connectivity index (χ2v) is 7.44. The zero-order chi connectivity index (χ0) is 21.8. The van der Waals surface area contributed by atoms with Crippen molar-refractivity contribution >= 4 is 34.8 Å². The fourth-order valence-corrected chi connectivity index (χ4v) is 3.19. The third-order valence-electron chi connectivity index (χ3n) is 4.35. The van der Waals surface area contributed by atoms with Crippen LogP contribution >= 0.6 is 23.2 Å². The van der Waals surface area contributed by atoms with Crippen LogP contribution in [-0.2, 0) is 11.5 Å². The number of benzene rings is 2. The molecule has 158 valence electrons. The molecule has 6 nitrogen and oxygen atoms in total. The van der Waals surface area contributed by atoms with Gasteiger partial charge in [-0.05, 0) is 51.1 Å². The van der Waals surface area contributed by atoms with Crippen LogP contribution < -0.4 is 14.8 Å². The smallest absolute Gasteiger partial charge is 0.265 e. The molecule has 9 heteroatoms. The van der Waals surface area contributed by atoms with Gasteiger partial charge in [-0.25, -0.2) is 9.07 Å². The number of anilines is 1. The lowest BCUT2D eigenvalue weighted by atomic mass is 10.2. The predicted molar refractivity (Wildman–Crippen MR) is 114 cm³/mol. The molecular weight excluding hydrogens is 432 g/mol. The van der Waals surface area contributed by atoms with Crippen molar-refractivity contribution in [2.45, 2.75) is 33.6 Å². The summed E-state index contributed by atoms with van der Waals surface area (Å²) < 4.78 is 26.1. The molecule has 0 bridgehead atoms. The molecule has 0 spiro atoms. The van der Waals surface area contributed by atoms with Gasteiger partial charge in [-0.15, -0.1) is 0 Å². The number of hydrogen-bond acceptors (Lipinski definition) is 4. The molecule has 3 rings (SSSR count). The predicted octanol–water partition coefficient (Wildman–Crippen LogP) is 5.39. The molecule has 1 heterocycles. The zero-order valence-corrected chi connectivity index (χ0v) is 18.1. The summed E-state index contributed by atoms with van der Waals surface area (Å²) in [6, 6.07) is 10.6. The maximum absolute atomic E-state index is 13.3. The lowest BCUT2D eigenvalue weighted by molar-refractivity contribution is -0.122. The number of aromatic nitrogens is 2. The number of hydrogen-bond donors (Lipinski definition) is 1. The molecule has 1 unspecified atom stereocenters. The highest BCUT2D eigenvalue weighted by atomic mass is 35.5. The Morgan fingerprint density at radius 1 is 1.23 bits per heavy atom. The minimum Gasteiger partial charge on any atom is -0.479 e. The van der Waals surface area contributed by atoms with Gasteiger partial charge >= 0.3 is 0 Å². The lowest BCUT2D eigenvalue weighted by Gasteiger charge is -2.16. The van der Waals surface area contributed by atoms with Crippen LogP contribution in [0.2, 0.25) is 10.0 Å². The van der Waals surface area contributed by atoms with Crippen LogP contribution in [0.3, 0.4) is 0 Å². The van der Waals surface area contributed by atoms with Gasteiger partial charge in [0.1, 0.15) is 17.3 Å². The van der Waals surface area contributed by atoms with Crippen molar-refractivity contribution in [3.8, 4) is 11.5 Å². The Bertz CT molecular complexity index is 1070. The van der Waals surface area contributed by atoms with Crippen LogP contribution in [-0.4, -0.2) is 21.8 Å². The fraction of sp³-hybridized carbons (Fsp3) is 0.238. The largest absolute Gasteiger partial charge is 0.479 e. The Morgan fingerprint density at radius 3 is 2.70 bits per heavy atom. The standard InChI is InChI=1S/C21H20Cl2FN3O3/c1-12-20(13(2)27(26-12)11-29-17-6-4-5-16(24)10-17)25-21(28)14(3)30-19-8-7-15(22)9-18(19)23/h4-10,14H,11H2,1-3H3,(H,25,28). The van der Waals surface area contributed by atoms with E-state index in [0.717, 1.165) is 0 Å². The number of amides is 1. The molecule has 30 heavy (non-hydrogen) atoms. The summed E-state index contributed by atoms with van der Waals surface area (Å²) in [5.41, 5.74) is 1.86. The number of ether oxygens (including phenoxy) is 2. The van der Waals surface area contributed by atoms with Crippen LogP contribution in [0.1, 0.15) is 18.3 Å². The summed E-state index contributed by atoms with van der Waals surface area (Å²) in [6.45, 7) is 5.25. The quantitative estimate of drug-likeness (QED) is 0.522. The van der Waals surface area contributed by atoms with Gasteiger partial charge in [0.15, 0.2) is 12.8 Å². The van der Waals surface area contributed by atoms with E-state index in [1.165, 1.54) is 12.1 Å². The SMILES string of the molecule is Cc1nn(COc2cccc(F)c2)c(C)c1NC(=O)C(C)Oc1ccc(Cl)cc1Cl. The van der Waals surface area contributed by atoms with Crippen molar-refractivity contribution < 1.29 is 18.7 Å². The molecule has 0 fully saturated rings. The molecule has 3 aromatic rings. The minimum atomic E-state index is -0.811. The highest BCUT2D eigenvalue weighted by molar-refractivity contribution is 6.35. The van der Waals surface area contributed by atoms with E-state index in [1.54, 1.807) is 55.8 Å². The number of carbonyl (C=O) groups is 1. The van der Waals surface area contributed by atoms with Crippen molar-refractivity contribution in [2.24, 2.45) is 0 Å². The summed E-state index contributed by atoms with van der Waals surface area (Å²) >= 11 is 12.0. The van der Waals surface area contributed by atoms with E-state index in [1.807, 2.05) is 0 Å². The molecule has 1 atom stereocenters. The van der Waals surface area contributed by atoms with Gasteiger partial charge in [0.05, 0.1) is 22.1 Å². The van der Waals surface area contributed by atoms with E-state index in [9.17, 15) is 9.18 Å². The Hall–Kier alpha value is -2.77. The summed E-state index contributed by atoms with van der Waals surface area (Å²) in [6.07, 6.45) is -0.811. The third kappa shape index (κ3) is 5.23. The maximum Gasteiger partial charge on any atom is 0.265 e. The van der Waals surface area contributed by atoms with Crippen molar-refractivity contribution in [3.63, 3.8) is 0 Å². The van der Waals surface area contributed by atoms with E-state index >= 15 is 0 Å². The summed E-state index contributed by atoms with van der Waals surface area (Å²) in [5.74, 6) is -0.00670. The van der Waals surface area contributed by atoms with Crippen molar-refractivity contribution in [3.05, 3.63) is 69.7 Å². The lowest BCUT2D eigenvalue weighted by Crippen LogP contribution is -2.30. The van der Waals surface area contributed by atoms with E-state index in [0.29, 0.717) is 38.6 Å². The van der Waals surface area contributed by atoms with Gasteiger partial charge in [0.25, 0.3) is 5.91 Å². The second kappa shape index (κ2) is 9.36. The van der Waals surface area contributed by atoms with Crippen LogP contribution in [0, 0.1) is 19.7 Å². The third-order valence-corrected chi connectivity index (χ3v) is 4.88. The van der Waals surface area contributed by atoms with Crippen LogP contribution in [0.4, 0.5) is 10.1 Å². The first-order valence-electron chi connectivity index (χ1n) is 9.09. The highest BCUT2D eigenvalue weighted by Crippen LogP contribution is 2.28. The molecular formula is C21H20Cl2FN3O3. The van der Waals surface area contributed by atoms with E-state index in [4.69, 9.17) is 32.7 Å². The van der Waals surface area contributed by atoms with Gasteiger partial charge < -0.3 is 14.8 Å². The number of nitrogens with one attached hydrogen (secondary N) is 1. The Morgan fingerprint density at radius 2 is 2.00 bits per heavy atom. The van der Waals surface area contributed by atoms with Crippen molar-refractivity contribution in [2.75, 3.05) is 5.32 Å². The van der Waals surface area contributed by atoms with Crippen LogP contribution in [0.25, 0.3) is 0 Å². The average Bonchev–Trinajstić information content (AvgIpc) is 2.96. The number of aryl methyl sites for hydroxylation is 1. The van der Waals surface area contributed by atoms with Gasteiger partial charge in [-0.3, -0.25) is 4.79 Å². The Labute approximate surface area is 183 Å². The number of carbonyl (C=O) groups excluding carboxylic acids is 1. The molecule has 1 amide bonds. The van der Waals surface area contributed by atoms with E-state index < -0.39 is 6.10 Å². The molecule has 0 saturated heterocycles. The summed E-state index contributed by atoms with van der Waals surface area (Å²) in [5, 5.41) is 7.99. The molecule has 0 saturated carbocycles. The molecule has 0 aliphatic rings. The number of rotatable bonds is 7. The summed E-state index contributed by atoms with van der Waals surface area (Å²) in [7, 11) is 0. The zero-order valence-electron chi connectivity index (χ0n) is 16.6. The van der Waals surface area contributed by atoms with E-state index in [2.05, 4.69) is 10.4 Å². The normalized spacial score (nSPS) is 11.8. The number of halogens is 3. The monoisotopic (exact) mass is 451 g/mol. The van der Waals surface area contributed by atoms with Crippen molar-refractivity contribution in [1.82, 2.24) is 9.78 Å². The van der Waals surface area contributed by atoms with Crippen LogP contribution in [0.5, 0.6) is 11.5 Å². The second-order valence-electron chi connectivity index (χ2n) is 6.60. The molecule has 0 radical (unpaired) electrons. The summed E-state index contributed by atoms with van der Waals surface area (Å²) in [4.78, 5) is 12.6. The molecule has 1 N–H and O–H groups in total. The Kier molecular flexibility index (Phi) is 6.84. The van der Waals surface area contributed by atoms with Gasteiger partial charge in [-0.1, -0.05) is 29.3 Å². The van der Waals surface area contributed by atoms with Gasteiger partial charge in [0.2, 0.25) is 0 Å². The molecule has 1 aromatic heterocycles. The first-order chi connectivity index (χ1) is 14.2. The fourth-order valence-electron chi connectivity index (χ4n) is 2.74. The molecule has 0 aliphatic carbocycles.